The lowest BCUT2D eigenvalue weighted by Gasteiger charge is -2.58. The van der Waals surface area contributed by atoms with Crippen molar-refractivity contribution in [2.45, 2.75) is 112 Å². The van der Waals surface area contributed by atoms with E-state index in [1.54, 1.807) is 12.1 Å². The molecule has 5 rings (SSSR count). The van der Waals surface area contributed by atoms with E-state index in [2.05, 4.69) is 48.5 Å². The molecule has 3 saturated carbocycles. The zero-order chi connectivity index (χ0) is 29.7. The van der Waals surface area contributed by atoms with Crippen LogP contribution in [-0.2, 0) is 9.53 Å². The van der Waals surface area contributed by atoms with Crippen LogP contribution >= 0.6 is 0 Å². The lowest BCUT2D eigenvalue weighted by Crippen LogP contribution is -2.56. The second-order valence-corrected chi connectivity index (χ2v) is 15.1. The predicted molar refractivity (Wildman–Crippen MR) is 164 cm³/mol. The van der Waals surface area contributed by atoms with Crippen molar-refractivity contribution >= 4 is 11.8 Å². The summed E-state index contributed by atoms with van der Waals surface area (Å²) in [7, 11) is 0. The van der Waals surface area contributed by atoms with Gasteiger partial charge in [0.25, 0.3) is 0 Å². The van der Waals surface area contributed by atoms with Crippen LogP contribution in [0.25, 0.3) is 0 Å². The molecule has 4 aliphatic rings. The van der Waals surface area contributed by atoms with Gasteiger partial charge in [0.2, 0.25) is 0 Å². The van der Waals surface area contributed by atoms with Crippen LogP contribution in [0.15, 0.2) is 42.0 Å². The summed E-state index contributed by atoms with van der Waals surface area (Å²) >= 11 is 0. The van der Waals surface area contributed by atoms with Gasteiger partial charge in [-0.25, -0.2) is 4.79 Å². The predicted octanol–water partition coefficient (Wildman–Crippen LogP) is 8.29. The van der Waals surface area contributed by atoms with Gasteiger partial charge in [0.05, 0.1) is 11.7 Å². The van der Waals surface area contributed by atoms with Gasteiger partial charge in [0.15, 0.2) is 5.78 Å². The van der Waals surface area contributed by atoms with E-state index in [1.165, 1.54) is 12.0 Å². The number of ether oxygens (including phenoxy) is 1. The van der Waals surface area contributed by atoms with E-state index in [0.29, 0.717) is 35.2 Å². The van der Waals surface area contributed by atoms with E-state index >= 15 is 0 Å². The summed E-state index contributed by atoms with van der Waals surface area (Å²) in [4.78, 5) is 26.9. The average molecular weight is 563 g/mol. The highest BCUT2D eigenvalue weighted by atomic mass is 16.5. The Morgan fingerprint density at radius 1 is 1.00 bits per heavy atom. The maximum absolute atomic E-state index is 14.0. The molecule has 4 aliphatic carbocycles. The summed E-state index contributed by atoms with van der Waals surface area (Å²) in [6.07, 6.45) is 9.84. The van der Waals surface area contributed by atoms with Gasteiger partial charge in [-0.15, -0.1) is 0 Å². The molecule has 0 amide bonds. The molecule has 41 heavy (non-hydrogen) atoms. The summed E-state index contributed by atoms with van der Waals surface area (Å²) in [6, 6.07) is 9.19. The number of allylic oxidation sites excluding steroid dienone is 2. The number of aliphatic hydroxyl groups is 1. The van der Waals surface area contributed by atoms with E-state index in [4.69, 9.17) is 4.74 Å². The van der Waals surface area contributed by atoms with Gasteiger partial charge in [-0.05, 0) is 109 Å². The van der Waals surface area contributed by atoms with E-state index in [9.17, 15) is 14.7 Å². The number of esters is 1. The third-order valence-corrected chi connectivity index (χ3v) is 12.9. The average Bonchev–Trinajstić information content (AvgIpc) is 3.30. The number of ketones is 1. The molecule has 0 aliphatic heterocycles. The molecule has 4 heteroatoms. The number of hydrogen-bond donors (Lipinski definition) is 1. The van der Waals surface area contributed by atoms with Crippen LogP contribution in [-0.4, -0.2) is 29.1 Å². The van der Waals surface area contributed by atoms with Crippen molar-refractivity contribution in [2.24, 2.45) is 58.2 Å². The Morgan fingerprint density at radius 3 is 2.32 bits per heavy atom. The van der Waals surface area contributed by atoms with Gasteiger partial charge in [-0.1, -0.05) is 78.7 Å². The molecular weight excluding hydrogens is 508 g/mol. The molecule has 0 bridgehead atoms. The zero-order valence-corrected chi connectivity index (χ0v) is 26.6. The van der Waals surface area contributed by atoms with Crippen LogP contribution in [0.3, 0.4) is 0 Å². The lowest BCUT2D eigenvalue weighted by atomic mass is 9.46. The Hall–Kier alpha value is -1.94. The largest absolute Gasteiger partial charge is 0.458 e. The Kier molecular flexibility index (Phi) is 8.65. The van der Waals surface area contributed by atoms with Gasteiger partial charge in [-0.3, -0.25) is 4.79 Å². The number of rotatable bonds is 8. The molecule has 0 heterocycles. The van der Waals surface area contributed by atoms with Crippen LogP contribution in [0.2, 0.25) is 0 Å². The first-order valence-corrected chi connectivity index (χ1v) is 16.6. The summed E-state index contributed by atoms with van der Waals surface area (Å²) in [5.74, 6) is 2.61. The second-order valence-electron chi connectivity index (χ2n) is 15.1. The molecule has 1 aromatic carbocycles. The fourth-order valence-corrected chi connectivity index (χ4v) is 10.4. The molecule has 0 aromatic heterocycles. The molecule has 3 fully saturated rings. The Labute approximate surface area is 248 Å². The van der Waals surface area contributed by atoms with Crippen LogP contribution in [0.1, 0.15) is 110 Å². The maximum Gasteiger partial charge on any atom is 0.338 e. The van der Waals surface area contributed by atoms with Crippen molar-refractivity contribution < 1.29 is 19.4 Å². The van der Waals surface area contributed by atoms with Gasteiger partial charge >= 0.3 is 5.97 Å². The third-order valence-electron chi connectivity index (χ3n) is 12.9. The van der Waals surface area contributed by atoms with Crippen molar-refractivity contribution in [2.75, 3.05) is 0 Å². The van der Waals surface area contributed by atoms with Gasteiger partial charge in [-0.2, -0.15) is 0 Å². The number of carbonyl (C=O) groups is 2. The lowest BCUT2D eigenvalue weighted by molar-refractivity contribution is -0.140. The quantitative estimate of drug-likeness (QED) is 0.324. The standard InChI is InChI=1S/C37H54O4/c1-8-25(22(2)3)20-31(38)23(4)28-14-15-29-27-21-32(39)34-24(5)33(41-35(40)26-12-10-9-11-13-26)17-19-37(34,7)30(27)16-18-36(28,29)6/h9-13,21-25,28-31,33-34,38H,8,14-20H2,1-7H3/t23-,24+,25+,28+,29-,30-,31-,33-,34+,36+,37+/m0/s1. The van der Waals surface area contributed by atoms with Crippen molar-refractivity contribution in [1.82, 2.24) is 0 Å². The second kappa shape index (κ2) is 11.6. The molecule has 11 atom stereocenters. The molecule has 1 N–H and O–H groups in total. The SMILES string of the molecule is CC[C@H](C[C@H](O)[C@@H](C)[C@H]1CC[C@H]2C3=CC(=O)[C@H]4[C@H](C)[C@@H](OC(=O)c5ccccc5)CC[C@]4(C)[C@H]3CC[C@]12C)C(C)C. The van der Waals surface area contributed by atoms with Gasteiger partial charge < -0.3 is 9.84 Å². The smallest absolute Gasteiger partial charge is 0.338 e. The van der Waals surface area contributed by atoms with Gasteiger partial charge in [0.1, 0.15) is 6.10 Å². The van der Waals surface area contributed by atoms with E-state index in [0.717, 1.165) is 44.9 Å². The normalized spacial score (nSPS) is 38.8. The summed E-state index contributed by atoms with van der Waals surface area (Å²) < 4.78 is 6.03. The maximum atomic E-state index is 14.0. The number of hydrogen-bond acceptors (Lipinski definition) is 4. The monoisotopic (exact) mass is 562 g/mol. The van der Waals surface area contributed by atoms with E-state index in [1.807, 2.05) is 24.3 Å². The minimum atomic E-state index is -0.286. The van der Waals surface area contributed by atoms with Gasteiger partial charge in [0, 0.05) is 11.8 Å². The first-order chi connectivity index (χ1) is 19.4. The van der Waals surface area contributed by atoms with E-state index < -0.39 is 0 Å². The molecule has 0 saturated heterocycles. The highest BCUT2D eigenvalue weighted by Gasteiger charge is 2.61. The van der Waals surface area contributed by atoms with Crippen molar-refractivity contribution in [3.05, 3.63) is 47.5 Å². The molecule has 226 valence electrons. The Balaban J connectivity index is 1.34. The summed E-state index contributed by atoms with van der Waals surface area (Å²) in [6.45, 7) is 16.1. The number of fused-ring (bicyclic) bond motifs is 5. The number of aliphatic hydroxyl groups excluding tert-OH is 1. The summed E-state index contributed by atoms with van der Waals surface area (Å²) in [5.41, 5.74) is 2.03. The first-order valence-electron chi connectivity index (χ1n) is 16.6. The van der Waals surface area contributed by atoms with Crippen molar-refractivity contribution in [3.8, 4) is 0 Å². The molecule has 0 spiro atoms. The van der Waals surface area contributed by atoms with Crippen LogP contribution in [0, 0.1) is 58.2 Å². The molecular formula is C37H54O4. The van der Waals surface area contributed by atoms with Crippen molar-refractivity contribution in [1.29, 1.82) is 0 Å². The molecule has 0 unspecified atom stereocenters. The number of benzene rings is 1. The van der Waals surface area contributed by atoms with Crippen molar-refractivity contribution in [3.63, 3.8) is 0 Å². The molecule has 4 nitrogen and oxygen atoms in total. The van der Waals surface area contributed by atoms with Crippen LogP contribution < -0.4 is 0 Å². The Morgan fingerprint density at radius 2 is 1.66 bits per heavy atom. The topological polar surface area (TPSA) is 63.6 Å². The fraction of sp³-hybridized carbons (Fsp3) is 0.730. The minimum Gasteiger partial charge on any atom is -0.458 e. The molecule has 0 radical (unpaired) electrons. The highest BCUT2D eigenvalue weighted by Crippen LogP contribution is 2.67. The first kappa shape index (κ1) is 30.5. The van der Waals surface area contributed by atoms with Crippen LogP contribution in [0.5, 0.6) is 0 Å². The van der Waals surface area contributed by atoms with E-state index in [-0.39, 0.29) is 52.5 Å². The zero-order valence-electron chi connectivity index (χ0n) is 26.6. The summed E-state index contributed by atoms with van der Waals surface area (Å²) in [5, 5.41) is 11.4. The third kappa shape index (κ3) is 5.25. The molecule has 1 aromatic rings. The van der Waals surface area contributed by atoms with Crippen LogP contribution in [0.4, 0.5) is 0 Å². The Bertz CT molecular complexity index is 1140. The minimum absolute atomic E-state index is 0.000938. The number of carbonyl (C=O) groups excluding carboxylic acids is 2. The highest BCUT2D eigenvalue weighted by molar-refractivity contribution is 5.95. The fourth-order valence-electron chi connectivity index (χ4n) is 10.4.